The van der Waals surface area contributed by atoms with E-state index >= 15 is 0 Å². The number of aromatic nitrogens is 1. The van der Waals surface area contributed by atoms with Gasteiger partial charge in [0.25, 0.3) is 0 Å². The van der Waals surface area contributed by atoms with Crippen molar-refractivity contribution in [3.05, 3.63) is 64.4 Å². The molecule has 1 aliphatic rings. The molecule has 2 nitrogen and oxygen atoms in total. The maximum Gasteiger partial charge on any atom is 0.197 e. The summed E-state index contributed by atoms with van der Waals surface area (Å²) in [6.07, 6.45) is 3.95. The van der Waals surface area contributed by atoms with E-state index in [9.17, 15) is 4.79 Å². The van der Waals surface area contributed by atoms with E-state index in [4.69, 9.17) is 11.6 Å². The van der Waals surface area contributed by atoms with Gasteiger partial charge < -0.3 is 0 Å². The van der Waals surface area contributed by atoms with Crippen LogP contribution in [0.3, 0.4) is 0 Å². The van der Waals surface area contributed by atoms with E-state index in [0.717, 1.165) is 12.8 Å². The Morgan fingerprint density at radius 1 is 1.15 bits per heavy atom. The zero-order chi connectivity index (χ0) is 13.9. The predicted octanol–water partition coefficient (Wildman–Crippen LogP) is 3.73. The van der Waals surface area contributed by atoms with Crippen LogP contribution in [-0.4, -0.2) is 10.8 Å². The molecule has 1 fully saturated rings. The summed E-state index contributed by atoms with van der Waals surface area (Å²) in [6.45, 7) is 0. The molecule has 0 aliphatic heterocycles. The Bertz CT molecular complexity index is 723. The fourth-order valence-electron chi connectivity index (χ4n) is 1.88. The third-order valence-corrected chi connectivity index (χ3v) is 3.47. The normalized spacial score (nSPS) is 13.4. The minimum absolute atomic E-state index is 0.135. The number of hydrogen-bond donors (Lipinski definition) is 0. The Balaban J connectivity index is 2.00. The summed E-state index contributed by atoms with van der Waals surface area (Å²) >= 11 is 6.08. The summed E-state index contributed by atoms with van der Waals surface area (Å²) in [4.78, 5) is 16.8. The second-order valence-electron chi connectivity index (χ2n) is 4.75. The third-order valence-electron chi connectivity index (χ3n) is 3.14. The van der Waals surface area contributed by atoms with Crippen LogP contribution in [0.25, 0.3) is 0 Å². The van der Waals surface area contributed by atoms with Crippen molar-refractivity contribution in [3.8, 4) is 11.8 Å². The summed E-state index contributed by atoms with van der Waals surface area (Å²) in [5.74, 6) is 6.49. The summed E-state index contributed by atoms with van der Waals surface area (Å²) < 4.78 is 0. The number of pyridine rings is 1. The number of halogens is 1. The van der Waals surface area contributed by atoms with Gasteiger partial charge in [0.1, 0.15) is 5.69 Å². The molecule has 0 N–H and O–H groups in total. The van der Waals surface area contributed by atoms with Gasteiger partial charge in [0.05, 0.1) is 10.6 Å². The van der Waals surface area contributed by atoms with Crippen molar-refractivity contribution in [3.63, 3.8) is 0 Å². The Hall–Kier alpha value is -2.11. The van der Waals surface area contributed by atoms with E-state index in [1.807, 2.05) is 0 Å². The van der Waals surface area contributed by atoms with Gasteiger partial charge >= 0.3 is 0 Å². The van der Waals surface area contributed by atoms with Gasteiger partial charge in [-0.2, -0.15) is 0 Å². The van der Waals surface area contributed by atoms with Gasteiger partial charge in [0, 0.05) is 17.7 Å². The van der Waals surface area contributed by atoms with Crippen LogP contribution >= 0.6 is 11.6 Å². The molecule has 0 spiro atoms. The minimum atomic E-state index is -0.135. The second-order valence-corrected chi connectivity index (χ2v) is 5.16. The fourth-order valence-corrected chi connectivity index (χ4v) is 2.10. The summed E-state index contributed by atoms with van der Waals surface area (Å²) in [5, 5.41) is 0.447. The smallest absolute Gasteiger partial charge is 0.197 e. The van der Waals surface area contributed by atoms with Gasteiger partial charge in [-0.1, -0.05) is 29.7 Å². The average Bonchev–Trinajstić information content (AvgIpc) is 3.29. The van der Waals surface area contributed by atoms with Crippen LogP contribution in [-0.2, 0) is 0 Å². The van der Waals surface area contributed by atoms with E-state index < -0.39 is 0 Å². The minimum Gasteiger partial charge on any atom is -0.288 e. The lowest BCUT2D eigenvalue weighted by Gasteiger charge is -2.04. The lowest BCUT2D eigenvalue weighted by atomic mass is 10.0. The first kappa shape index (κ1) is 12.9. The molecule has 0 unspecified atom stereocenters. The van der Waals surface area contributed by atoms with Crippen molar-refractivity contribution in [2.45, 2.75) is 12.8 Å². The van der Waals surface area contributed by atoms with Crippen LogP contribution < -0.4 is 0 Å². The van der Waals surface area contributed by atoms with E-state index in [0.29, 0.717) is 27.8 Å². The van der Waals surface area contributed by atoms with Crippen LogP contribution in [0.1, 0.15) is 34.5 Å². The molecular formula is C17H12ClNO. The summed E-state index contributed by atoms with van der Waals surface area (Å²) in [6, 6.07) is 10.5. The lowest BCUT2D eigenvalue weighted by molar-refractivity contribution is 0.103. The van der Waals surface area contributed by atoms with Gasteiger partial charge in [-0.05, 0) is 43.0 Å². The molecule has 1 aliphatic carbocycles. The van der Waals surface area contributed by atoms with Crippen molar-refractivity contribution in [2.75, 3.05) is 0 Å². The Morgan fingerprint density at radius 3 is 2.65 bits per heavy atom. The van der Waals surface area contributed by atoms with Crippen LogP contribution in [0.15, 0.2) is 42.6 Å². The first-order valence-electron chi connectivity index (χ1n) is 6.51. The molecule has 2 aromatic rings. The summed E-state index contributed by atoms with van der Waals surface area (Å²) in [5.41, 5.74) is 1.52. The number of benzene rings is 1. The maximum absolute atomic E-state index is 12.6. The molecule has 1 saturated carbocycles. The molecule has 3 rings (SSSR count). The van der Waals surface area contributed by atoms with E-state index in [-0.39, 0.29) is 5.78 Å². The summed E-state index contributed by atoms with van der Waals surface area (Å²) in [7, 11) is 0. The highest BCUT2D eigenvalue weighted by atomic mass is 35.5. The van der Waals surface area contributed by atoms with Crippen molar-refractivity contribution < 1.29 is 4.79 Å². The van der Waals surface area contributed by atoms with Crippen LogP contribution in [0, 0.1) is 17.8 Å². The van der Waals surface area contributed by atoms with E-state index in [1.54, 1.807) is 42.6 Å². The van der Waals surface area contributed by atoms with Crippen molar-refractivity contribution in [1.82, 2.24) is 4.98 Å². The fraction of sp³-hybridized carbons (Fsp3) is 0.176. The highest BCUT2D eigenvalue weighted by Gasteiger charge is 2.19. The Morgan fingerprint density at radius 2 is 1.90 bits per heavy atom. The lowest BCUT2D eigenvalue weighted by Crippen LogP contribution is -2.06. The molecule has 98 valence electrons. The monoisotopic (exact) mass is 281 g/mol. The van der Waals surface area contributed by atoms with Gasteiger partial charge in [-0.25, -0.2) is 4.98 Å². The Kier molecular flexibility index (Phi) is 3.54. The zero-order valence-corrected chi connectivity index (χ0v) is 11.5. The molecule has 20 heavy (non-hydrogen) atoms. The third kappa shape index (κ3) is 2.74. The quantitative estimate of drug-likeness (QED) is 0.620. The molecule has 0 amide bonds. The molecule has 1 heterocycles. The molecule has 3 heteroatoms. The van der Waals surface area contributed by atoms with E-state index in [1.165, 1.54) is 0 Å². The van der Waals surface area contributed by atoms with Crippen LogP contribution in [0.2, 0.25) is 5.02 Å². The molecular weight excluding hydrogens is 270 g/mol. The number of nitrogens with zero attached hydrogens (tertiary/aromatic N) is 1. The molecule has 0 saturated heterocycles. The van der Waals surface area contributed by atoms with Crippen LogP contribution in [0.4, 0.5) is 0 Å². The largest absolute Gasteiger partial charge is 0.288 e. The number of carbonyl (C=O) groups is 1. The molecule has 0 atom stereocenters. The number of carbonyl (C=O) groups excluding carboxylic acids is 1. The first-order chi connectivity index (χ1) is 9.75. The second kappa shape index (κ2) is 5.48. The molecule has 0 bridgehead atoms. The van der Waals surface area contributed by atoms with Crippen molar-refractivity contribution in [2.24, 2.45) is 5.92 Å². The number of rotatable bonds is 2. The SMILES string of the molecule is O=C(c1ccccc1Cl)c1cccnc1C#CC1CC1. The number of ketones is 1. The van der Waals surface area contributed by atoms with Gasteiger partial charge in [0.2, 0.25) is 0 Å². The standard InChI is InChI=1S/C17H12ClNO/c18-15-6-2-1-4-13(15)17(20)14-5-3-11-19-16(14)10-9-12-7-8-12/h1-6,11-12H,7-8H2. The Labute approximate surface area is 122 Å². The highest BCUT2D eigenvalue weighted by Crippen LogP contribution is 2.27. The van der Waals surface area contributed by atoms with Gasteiger partial charge in [-0.15, -0.1) is 0 Å². The topological polar surface area (TPSA) is 30.0 Å². The highest BCUT2D eigenvalue weighted by molar-refractivity contribution is 6.35. The van der Waals surface area contributed by atoms with Crippen molar-refractivity contribution in [1.29, 1.82) is 0 Å². The predicted molar refractivity (Wildman–Crippen MR) is 78.7 cm³/mol. The average molecular weight is 282 g/mol. The molecule has 1 aromatic carbocycles. The first-order valence-corrected chi connectivity index (χ1v) is 6.89. The van der Waals surface area contributed by atoms with E-state index in [2.05, 4.69) is 16.8 Å². The van der Waals surface area contributed by atoms with Gasteiger partial charge in [-0.3, -0.25) is 4.79 Å². The van der Waals surface area contributed by atoms with Crippen LogP contribution in [0.5, 0.6) is 0 Å². The zero-order valence-electron chi connectivity index (χ0n) is 10.8. The number of hydrogen-bond acceptors (Lipinski definition) is 2. The van der Waals surface area contributed by atoms with Gasteiger partial charge in [0.15, 0.2) is 5.78 Å². The molecule has 0 radical (unpaired) electrons. The molecule has 1 aromatic heterocycles. The van der Waals surface area contributed by atoms with Crippen molar-refractivity contribution >= 4 is 17.4 Å². The maximum atomic E-state index is 12.6.